The van der Waals surface area contributed by atoms with E-state index in [1.165, 1.54) is 18.3 Å². The number of methoxy groups -OCH3 is 1. The normalized spacial score (nSPS) is 14.2. The number of hydrogen-bond acceptors (Lipinski definition) is 4. The Hall–Kier alpha value is -0.240. The van der Waals surface area contributed by atoms with Crippen LogP contribution in [0.2, 0.25) is 0 Å². The van der Waals surface area contributed by atoms with Gasteiger partial charge in [-0.25, -0.2) is 8.42 Å². The molecule has 0 saturated heterocycles. The number of rotatable bonds is 8. The van der Waals surface area contributed by atoms with Crippen LogP contribution < -0.4 is 5.73 Å². The van der Waals surface area contributed by atoms with Gasteiger partial charge in [-0.05, 0) is 12.8 Å². The van der Waals surface area contributed by atoms with Crippen molar-refractivity contribution in [2.75, 3.05) is 26.8 Å². The van der Waals surface area contributed by atoms with Gasteiger partial charge in [-0.15, -0.1) is 0 Å². The third-order valence-corrected chi connectivity index (χ3v) is 5.02. The van der Waals surface area contributed by atoms with Gasteiger partial charge in [-0.2, -0.15) is 4.31 Å². The second kappa shape index (κ2) is 7.25. The lowest BCUT2D eigenvalue weighted by molar-refractivity contribution is 0.175. The monoisotopic (exact) mass is 282 g/mol. The molecule has 0 fully saturated rings. The van der Waals surface area contributed by atoms with Crippen molar-refractivity contribution in [3.05, 3.63) is 0 Å². The zero-order valence-corrected chi connectivity index (χ0v) is 12.5. The lowest BCUT2D eigenvalue weighted by atomic mass is 10.2. The molecule has 0 amide bonds. The van der Waals surface area contributed by atoms with Crippen LogP contribution in [0.1, 0.15) is 20.8 Å². The first-order chi connectivity index (χ1) is 7.73. The van der Waals surface area contributed by atoms with Crippen LogP contribution in [-0.4, -0.2) is 49.8 Å². The third-order valence-electron chi connectivity index (χ3n) is 2.32. The Balaban J connectivity index is 4.94. The van der Waals surface area contributed by atoms with Gasteiger partial charge in [0.05, 0.1) is 11.6 Å². The van der Waals surface area contributed by atoms with Crippen LogP contribution in [0.15, 0.2) is 0 Å². The molecular formula is C10H22N2O3S2. The van der Waals surface area contributed by atoms with Gasteiger partial charge in [-0.1, -0.05) is 26.1 Å². The van der Waals surface area contributed by atoms with Gasteiger partial charge in [0.15, 0.2) is 0 Å². The molecule has 5 nitrogen and oxygen atoms in total. The molecule has 0 saturated carbocycles. The number of sulfonamides is 1. The molecule has 2 N–H and O–H groups in total. The minimum Gasteiger partial charge on any atom is -0.392 e. The van der Waals surface area contributed by atoms with E-state index in [1.807, 2.05) is 13.8 Å². The highest BCUT2D eigenvalue weighted by molar-refractivity contribution is 7.92. The third kappa shape index (κ3) is 5.29. The molecule has 0 radical (unpaired) electrons. The Morgan fingerprint density at radius 3 is 2.29 bits per heavy atom. The van der Waals surface area contributed by atoms with E-state index < -0.39 is 15.3 Å². The van der Waals surface area contributed by atoms with E-state index >= 15 is 0 Å². The second-order valence-electron chi connectivity index (χ2n) is 4.33. The predicted octanol–water partition coefficient (Wildman–Crippen LogP) is 0.595. The van der Waals surface area contributed by atoms with Gasteiger partial charge >= 0.3 is 0 Å². The van der Waals surface area contributed by atoms with E-state index in [-0.39, 0.29) is 10.9 Å². The maximum atomic E-state index is 12.2. The van der Waals surface area contributed by atoms with Gasteiger partial charge < -0.3 is 10.5 Å². The Morgan fingerprint density at radius 1 is 1.41 bits per heavy atom. The quantitative estimate of drug-likeness (QED) is 0.660. The van der Waals surface area contributed by atoms with Crippen molar-refractivity contribution in [2.45, 2.75) is 26.0 Å². The van der Waals surface area contributed by atoms with E-state index in [9.17, 15) is 8.42 Å². The summed E-state index contributed by atoms with van der Waals surface area (Å²) in [6, 6.07) is 0. The van der Waals surface area contributed by atoms with E-state index in [2.05, 4.69) is 0 Å². The Morgan fingerprint density at radius 2 is 1.94 bits per heavy atom. The summed E-state index contributed by atoms with van der Waals surface area (Å²) in [5.41, 5.74) is 5.41. The van der Waals surface area contributed by atoms with Crippen LogP contribution in [0.5, 0.6) is 0 Å². The predicted molar refractivity (Wildman–Crippen MR) is 73.5 cm³/mol. The van der Waals surface area contributed by atoms with Gasteiger partial charge in [0.25, 0.3) is 0 Å². The smallest absolute Gasteiger partial charge is 0.223 e. The maximum absolute atomic E-state index is 12.2. The summed E-state index contributed by atoms with van der Waals surface area (Å²) in [5, 5.41) is -0.840. The molecule has 0 heterocycles. The molecule has 1 unspecified atom stereocenters. The lowest BCUT2D eigenvalue weighted by Crippen LogP contribution is -2.45. The molecule has 0 aromatic carbocycles. The highest BCUT2D eigenvalue weighted by atomic mass is 32.2. The Labute approximate surface area is 109 Å². The van der Waals surface area contributed by atoms with Crippen LogP contribution in [0.25, 0.3) is 0 Å². The molecule has 0 aromatic rings. The second-order valence-corrected chi connectivity index (χ2v) is 7.06. The molecule has 1 atom stereocenters. The van der Waals surface area contributed by atoms with Gasteiger partial charge in [0, 0.05) is 20.2 Å². The van der Waals surface area contributed by atoms with E-state index in [0.29, 0.717) is 19.7 Å². The minimum absolute atomic E-state index is 0.00354. The van der Waals surface area contributed by atoms with Crippen LogP contribution in [-0.2, 0) is 14.8 Å². The number of ether oxygens (including phenoxy) is 1. The number of nitrogens with two attached hydrogens (primary N) is 1. The van der Waals surface area contributed by atoms with Crippen LogP contribution in [0.3, 0.4) is 0 Å². The van der Waals surface area contributed by atoms with E-state index in [1.54, 1.807) is 0 Å². The largest absolute Gasteiger partial charge is 0.392 e. The summed E-state index contributed by atoms with van der Waals surface area (Å²) < 4.78 is 30.7. The highest BCUT2D eigenvalue weighted by Gasteiger charge is 2.30. The fourth-order valence-electron chi connectivity index (χ4n) is 1.29. The summed E-state index contributed by atoms with van der Waals surface area (Å²) in [4.78, 5) is -0.00354. The van der Waals surface area contributed by atoms with Crippen molar-refractivity contribution < 1.29 is 13.2 Å². The number of hydrogen-bond donors (Lipinski definition) is 1. The molecule has 102 valence electrons. The molecule has 0 spiro atoms. The van der Waals surface area contributed by atoms with Crippen LogP contribution in [0, 0.1) is 5.92 Å². The zero-order chi connectivity index (χ0) is 13.6. The maximum Gasteiger partial charge on any atom is 0.223 e. The summed E-state index contributed by atoms with van der Waals surface area (Å²) in [6.07, 6.45) is 0. The first kappa shape index (κ1) is 16.8. The van der Waals surface area contributed by atoms with Gasteiger partial charge in [-0.3, -0.25) is 0 Å². The highest BCUT2D eigenvalue weighted by Crippen LogP contribution is 2.12. The first-order valence-corrected chi connectivity index (χ1v) is 7.41. The van der Waals surface area contributed by atoms with Crippen molar-refractivity contribution in [3.8, 4) is 0 Å². The van der Waals surface area contributed by atoms with Gasteiger partial charge in [0.2, 0.25) is 10.0 Å². The van der Waals surface area contributed by atoms with Crippen molar-refractivity contribution in [2.24, 2.45) is 11.7 Å². The minimum atomic E-state index is -3.48. The summed E-state index contributed by atoms with van der Waals surface area (Å²) >= 11 is 4.75. The molecule has 0 rings (SSSR count). The van der Waals surface area contributed by atoms with E-state index in [4.69, 9.17) is 22.7 Å². The van der Waals surface area contributed by atoms with Crippen LogP contribution >= 0.6 is 12.2 Å². The van der Waals surface area contributed by atoms with E-state index in [0.717, 1.165) is 0 Å². The fourth-order valence-corrected chi connectivity index (χ4v) is 3.23. The lowest BCUT2D eigenvalue weighted by Gasteiger charge is -2.26. The molecule has 17 heavy (non-hydrogen) atoms. The zero-order valence-electron chi connectivity index (χ0n) is 10.8. The Bertz CT molecular complexity index is 341. The molecule has 0 aliphatic heterocycles. The Kier molecular flexibility index (Phi) is 7.15. The standard InChI is InChI=1S/C10H22N2O3S2/c1-8(2)7-12(5-6-15-4)17(13,14)9(3)10(11)16/h8-9H,5-7H2,1-4H3,(H2,11,16). The molecule has 0 aliphatic rings. The van der Waals surface area contributed by atoms with Crippen molar-refractivity contribution in [1.82, 2.24) is 4.31 Å². The van der Waals surface area contributed by atoms with Gasteiger partial charge in [0.1, 0.15) is 5.25 Å². The topological polar surface area (TPSA) is 72.6 Å². The summed E-state index contributed by atoms with van der Waals surface area (Å²) in [6.45, 7) is 6.55. The molecule has 0 bridgehead atoms. The molecule has 0 aromatic heterocycles. The summed E-state index contributed by atoms with van der Waals surface area (Å²) in [7, 11) is -1.94. The van der Waals surface area contributed by atoms with Crippen molar-refractivity contribution >= 4 is 27.2 Å². The summed E-state index contributed by atoms with van der Waals surface area (Å²) in [5.74, 6) is 0.236. The molecular weight excluding hydrogens is 260 g/mol. The fraction of sp³-hybridized carbons (Fsp3) is 0.900. The first-order valence-electron chi connectivity index (χ1n) is 5.50. The van der Waals surface area contributed by atoms with Crippen molar-refractivity contribution in [3.63, 3.8) is 0 Å². The van der Waals surface area contributed by atoms with Crippen LogP contribution in [0.4, 0.5) is 0 Å². The molecule has 0 aliphatic carbocycles. The molecule has 7 heteroatoms. The number of thiocarbonyl (C=S) groups is 1. The number of nitrogens with zero attached hydrogens (tertiary/aromatic N) is 1. The average molecular weight is 282 g/mol. The SMILES string of the molecule is COCCN(CC(C)C)S(=O)(=O)C(C)C(N)=S. The average Bonchev–Trinajstić information content (AvgIpc) is 2.22. The van der Waals surface area contributed by atoms with Crippen molar-refractivity contribution in [1.29, 1.82) is 0 Å².